The molecule has 1 aliphatic heterocycles. The van der Waals surface area contributed by atoms with Crippen LogP contribution in [-0.4, -0.2) is 10.2 Å². The molecule has 1 saturated heterocycles. The summed E-state index contributed by atoms with van der Waals surface area (Å²) in [6.07, 6.45) is 1.58. The van der Waals surface area contributed by atoms with Crippen molar-refractivity contribution >= 4 is 69.2 Å². The van der Waals surface area contributed by atoms with Gasteiger partial charge in [0.2, 0.25) is 0 Å². The van der Waals surface area contributed by atoms with Gasteiger partial charge >= 0.3 is 0 Å². The molecule has 0 atom stereocenters. The van der Waals surface area contributed by atoms with Gasteiger partial charge in [0.1, 0.15) is 17.3 Å². The minimum atomic E-state index is -0.514. The summed E-state index contributed by atoms with van der Waals surface area (Å²) in [5, 5.41) is 0.872. The molecule has 1 aliphatic rings. The van der Waals surface area contributed by atoms with Crippen LogP contribution >= 0.6 is 47.2 Å². The van der Waals surface area contributed by atoms with Crippen molar-refractivity contribution < 1.29 is 13.6 Å². The Balaban J connectivity index is 1.63. The molecular formula is C20H10Cl2FNO2S2. The van der Waals surface area contributed by atoms with Crippen LogP contribution in [0, 0.1) is 5.82 Å². The lowest BCUT2D eigenvalue weighted by molar-refractivity contribution is -0.113. The number of para-hydroxylation sites is 1. The molecule has 1 aromatic heterocycles. The molecule has 1 fully saturated rings. The second kappa shape index (κ2) is 7.72. The van der Waals surface area contributed by atoms with E-state index < -0.39 is 11.7 Å². The Bertz CT molecular complexity index is 1140. The van der Waals surface area contributed by atoms with Crippen LogP contribution < -0.4 is 4.90 Å². The Hall–Kier alpha value is -2.12. The molecule has 2 aromatic carbocycles. The first-order valence-electron chi connectivity index (χ1n) is 8.02. The average molecular weight is 450 g/mol. The molecule has 0 unspecified atom stereocenters. The lowest BCUT2D eigenvalue weighted by Gasteiger charge is -2.14. The van der Waals surface area contributed by atoms with Crippen molar-refractivity contribution in [3.8, 4) is 11.3 Å². The number of anilines is 1. The summed E-state index contributed by atoms with van der Waals surface area (Å²) in [6.45, 7) is 0. The number of furan rings is 1. The summed E-state index contributed by atoms with van der Waals surface area (Å²) >= 11 is 18.3. The summed E-state index contributed by atoms with van der Waals surface area (Å²) in [4.78, 5) is 14.3. The summed E-state index contributed by atoms with van der Waals surface area (Å²) in [6, 6.07) is 14.7. The minimum Gasteiger partial charge on any atom is -0.457 e. The fourth-order valence-electron chi connectivity index (χ4n) is 2.67. The van der Waals surface area contributed by atoms with Crippen molar-refractivity contribution in [2.75, 3.05) is 4.90 Å². The number of thioether (sulfide) groups is 1. The van der Waals surface area contributed by atoms with Gasteiger partial charge < -0.3 is 4.42 Å². The van der Waals surface area contributed by atoms with Crippen molar-refractivity contribution in [1.82, 2.24) is 0 Å². The maximum Gasteiger partial charge on any atom is 0.270 e. The Kier molecular flexibility index (Phi) is 5.29. The van der Waals surface area contributed by atoms with Crippen LogP contribution in [0.25, 0.3) is 17.4 Å². The van der Waals surface area contributed by atoms with E-state index in [0.717, 1.165) is 17.3 Å². The molecule has 1 amide bonds. The minimum absolute atomic E-state index is 0.129. The van der Waals surface area contributed by atoms with E-state index in [9.17, 15) is 9.18 Å². The number of hydrogen-bond donors (Lipinski definition) is 0. The Morgan fingerprint density at radius 2 is 1.86 bits per heavy atom. The highest BCUT2D eigenvalue weighted by Crippen LogP contribution is 2.37. The van der Waals surface area contributed by atoms with Gasteiger partial charge in [-0.3, -0.25) is 9.69 Å². The van der Waals surface area contributed by atoms with Crippen LogP contribution in [0.1, 0.15) is 5.76 Å². The van der Waals surface area contributed by atoms with Crippen molar-refractivity contribution in [3.63, 3.8) is 0 Å². The van der Waals surface area contributed by atoms with Gasteiger partial charge in [-0.25, -0.2) is 4.39 Å². The molecule has 8 heteroatoms. The highest BCUT2D eigenvalue weighted by atomic mass is 35.5. The zero-order valence-corrected chi connectivity index (χ0v) is 17.1. The average Bonchev–Trinajstić information content (AvgIpc) is 3.23. The van der Waals surface area contributed by atoms with Crippen LogP contribution in [0.15, 0.2) is 63.9 Å². The molecule has 0 aliphatic carbocycles. The zero-order valence-electron chi connectivity index (χ0n) is 14.0. The van der Waals surface area contributed by atoms with Gasteiger partial charge in [0.05, 0.1) is 20.6 Å². The van der Waals surface area contributed by atoms with Gasteiger partial charge in [-0.15, -0.1) is 0 Å². The molecule has 2 heterocycles. The molecular weight excluding hydrogens is 440 g/mol. The van der Waals surface area contributed by atoms with Crippen molar-refractivity contribution in [1.29, 1.82) is 0 Å². The molecule has 0 radical (unpaired) electrons. The van der Waals surface area contributed by atoms with Crippen molar-refractivity contribution in [2.24, 2.45) is 0 Å². The first kappa shape index (κ1) is 19.2. The SMILES string of the molecule is O=C1/C(=C\c2ccc(-c3ccc(Cl)c(Cl)c3)o2)SC(=S)N1c1ccccc1F. The number of carbonyl (C=O) groups is 1. The van der Waals surface area contributed by atoms with Crippen LogP contribution in [-0.2, 0) is 4.79 Å². The lowest BCUT2D eigenvalue weighted by atomic mass is 10.2. The van der Waals surface area contributed by atoms with E-state index >= 15 is 0 Å². The molecule has 4 rings (SSSR count). The van der Waals surface area contributed by atoms with Gasteiger partial charge in [-0.1, -0.05) is 59.3 Å². The van der Waals surface area contributed by atoms with Crippen LogP contribution in [0.5, 0.6) is 0 Å². The number of hydrogen-bond acceptors (Lipinski definition) is 4. The van der Waals surface area contributed by atoms with Crippen LogP contribution in [0.3, 0.4) is 0 Å². The highest BCUT2D eigenvalue weighted by molar-refractivity contribution is 8.27. The van der Waals surface area contributed by atoms with Crippen LogP contribution in [0.2, 0.25) is 10.0 Å². The monoisotopic (exact) mass is 449 g/mol. The number of halogens is 3. The maximum atomic E-state index is 14.1. The van der Waals surface area contributed by atoms with Crippen molar-refractivity contribution in [3.05, 3.63) is 81.1 Å². The van der Waals surface area contributed by atoms with Gasteiger partial charge in [0, 0.05) is 11.6 Å². The van der Waals surface area contributed by atoms with E-state index in [1.165, 1.54) is 17.0 Å². The quantitative estimate of drug-likeness (QED) is 0.325. The predicted octanol–water partition coefficient (Wildman–Crippen LogP) is 6.80. The third-order valence-corrected chi connectivity index (χ3v) is 6.03. The molecule has 3 aromatic rings. The normalized spacial score (nSPS) is 15.7. The smallest absolute Gasteiger partial charge is 0.270 e. The fourth-order valence-corrected chi connectivity index (χ4v) is 4.24. The number of benzene rings is 2. The van der Waals surface area contributed by atoms with Gasteiger partial charge in [0.15, 0.2) is 4.32 Å². The third kappa shape index (κ3) is 3.61. The number of thiocarbonyl (C=S) groups is 1. The van der Waals surface area contributed by atoms with Gasteiger partial charge in [-0.05, 0) is 42.5 Å². The Morgan fingerprint density at radius 1 is 1.07 bits per heavy atom. The standard InChI is InChI=1S/C20H10Cl2FNO2S2/c21-13-7-5-11(9-14(13)22)17-8-6-12(26-17)10-18-19(25)24(20(27)28-18)16-4-2-1-3-15(16)23/h1-10H/b18-10+. The second-order valence-corrected chi connectivity index (χ2v) is 8.29. The Labute approximate surface area is 179 Å². The van der Waals surface area contributed by atoms with E-state index in [1.54, 1.807) is 48.5 Å². The number of amides is 1. The largest absolute Gasteiger partial charge is 0.457 e. The Morgan fingerprint density at radius 3 is 2.61 bits per heavy atom. The third-order valence-electron chi connectivity index (χ3n) is 3.99. The number of nitrogens with zero attached hydrogens (tertiary/aromatic N) is 1. The second-order valence-electron chi connectivity index (χ2n) is 5.80. The maximum absolute atomic E-state index is 14.1. The molecule has 0 saturated carbocycles. The predicted molar refractivity (Wildman–Crippen MR) is 116 cm³/mol. The fraction of sp³-hybridized carbons (Fsp3) is 0. The molecule has 0 bridgehead atoms. The number of carbonyl (C=O) groups excluding carboxylic acids is 1. The summed E-state index contributed by atoms with van der Waals surface area (Å²) < 4.78 is 20.1. The lowest BCUT2D eigenvalue weighted by Crippen LogP contribution is -2.28. The summed E-state index contributed by atoms with van der Waals surface area (Å²) in [7, 11) is 0. The van der Waals surface area contributed by atoms with E-state index in [2.05, 4.69) is 0 Å². The van der Waals surface area contributed by atoms with Gasteiger partial charge in [0.25, 0.3) is 5.91 Å². The topological polar surface area (TPSA) is 33.5 Å². The van der Waals surface area contributed by atoms with E-state index in [-0.39, 0.29) is 10.0 Å². The zero-order chi connectivity index (χ0) is 19.8. The number of rotatable bonds is 3. The highest BCUT2D eigenvalue weighted by Gasteiger charge is 2.34. The first-order valence-corrected chi connectivity index (χ1v) is 10.00. The van der Waals surface area contributed by atoms with Gasteiger partial charge in [-0.2, -0.15) is 0 Å². The molecule has 140 valence electrons. The first-order chi connectivity index (χ1) is 13.4. The van der Waals surface area contributed by atoms with Crippen LogP contribution in [0.4, 0.5) is 10.1 Å². The molecule has 0 N–H and O–H groups in total. The molecule has 28 heavy (non-hydrogen) atoms. The van der Waals surface area contributed by atoms with E-state index in [0.29, 0.717) is 26.5 Å². The summed E-state index contributed by atoms with van der Waals surface area (Å²) in [5.41, 5.74) is 0.886. The molecule has 3 nitrogen and oxygen atoms in total. The van der Waals surface area contributed by atoms with E-state index in [4.69, 9.17) is 39.8 Å². The summed E-state index contributed by atoms with van der Waals surface area (Å²) in [5.74, 6) is 0.136. The van der Waals surface area contributed by atoms with Crippen molar-refractivity contribution in [2.45, 2.75) is 0 Å². The van der Waals surface area contributed by atoms with E-state index in [1.807, 2.05) is 0 Å². The molecule has 0 spiro atoms.